The summed E-state index contributed by atoms with van der Waals surface area (Å²) in [5, 5.41) is 9.65. The van der Waals surface area contributed by atoms with E-state index in [1.54, 1.807) is 6.21 Å². The molecule has 2 rings (SSSR count). The van der Waals surface area contributed by atoms with Crippen LogP contribution in [0.3, 0.4) is 0 Å². The third-order valence-electron chi connectivity index (χ3n) is 3.42. The van der Waals surface area contributed by atoms with E-state index in [1.165, 1.54) is 0 Å². The quantitative estimate of drug-likeness (QED) is 0.698. The zero-order chi connectivity index (χ0) is 15.7. The van der Waals surface area contributed by atoms with Crippen molar-refractivity contribution < 1.29 is 0 Å². The molecule has 0 aromatic heterocycles. The summed E-state index contributed by atoms with van der Waals surface area (Å²) in [4.78, 5) is 4.58. The Balaban J connectivity index is 2.26. The van der Waals surface area contributed by atoms with Gasteiger partial charge in [0.15, 0.2) is 5.54 Å². The maximum atomic E-state index is 9.65. The van der Waals surface area contributed by atoms with Crippen LogP contribution >= 0.6 is 0 Å². The number of rotatable bonds is 6. The first-order valence-electron chi connectivity index (χ1n) is 7.54. The molecule has 1 unspecified atom stereocenters. The predicted octanol–water partition coefficient (Wildman–Crippen LogP) is 4.88. The summed E-state index contributed by atoms with van der Waals surface area (Å²) < 4.78 is 0. The molecule has 0 spiro atoms. The molecule has 0 radical (unpaired) electrons. The van der Waals surface area contributed by atoms with Crippen LogP contribution in [0.5, 0.6) is 0 Å². The van der Waals surface area contributed by atoms with E-state index in [9.17, 15) is 5.26 Å². The molecule has 2 heteroatoms. The summed E-state index contributed by atoms with van der Waals surface area (Å²) >= 11 is 0. The Morgan fingerprint density at radius 1 is 1.00 bits per heavy atom. The van der Waals surface area contributed by atoms with Crippen LogP contribution in [0, 0.1) is 11.3 Å². The molecule has 0 N–H and O–H groups in total. The van der Waals surface area contributed by atoms with Crippen molar-refractivity contribution in [2.45, 2.75) is 25.3 Å². The van der Waals surface area contributed by atoms with E-state index in [0.29, 0.717) is 6.42 Å². The molecule has 2 aromatic rings. The SMILES string of the molecule is CCCC(C#N)(/C=C/c1ccccc1)N=Cc1ccccc1. The van der Waals surface area contributed by atoms with Crippen molar-refractivity contribution in [3.63, 3.8) is 0 Å². The van der Waals surface area contributed by atoms with Crippen molar-refractivity contribution in [2.75, 3.05) is 0 Å². The number of hydrogen-bond donors (Lipinski definition) is 0. The molecule has 0 saturated heterocycles. The first kappa shape index (κ1) is 15.7. The second-order valence-electron chi connectivity index (χ2n) is 5.20. The largest absolute Gasteiger partial charge is 0.266 e. The molecular weight excluding hydrogens is 268 g/mol. The molecule has 0 fully saturated rings. The van der Waals surface area contributed by atoms with Gasteiger partial charge >= 0.3 is 0 Å². The van der Waals surface area contributed by atoms with Crippen LogP contribution in [-0.4, -0.2) is 11.8 Å². The highest BCUT2D eigenvalue weighted by Crippen LogP contribution is 2.21. The average molecular weight is 288 g/mol. The Morgan fingerprint density at radius 2 is 1.59 bits per heavy atom. The molecule has 1 atom stereocenters. The summed E-state index contributed by atoms with van der Waals surface area (Å²) in [7, 11) is 0. The summed E-state index contributed by atoms with van der Waals surface area (Å²) in [6, 6.07) is 22.2. The Kier molecular flexibility index (Phi) is 5.68. The van der Waals surface area contributed by atoms with Gasteiger partial charge in [0.05, 0.1) is 6.07 Å². The fourth-order valence-electron chi connectivity index (χ4n) is 2.22. The lowest BCUT2D eigenvalue weighted by Crippen LogP contribution is -2.21. The zero-order valence-corrected chi connectivity index (χ0v) is 12.8. The summed E-state index contributed by atoms with van der Waals surface area (Å²) in [6.45, 7) is 2.07. The molecule has 2 aromatic carbocycles. The fourth-order valence-corrected chi connectivity index (χ4v) is 2.22. The van der Waals surface area contributed by atoms with E-state index in [1.807, 2.05) is 72.8 Å². The van der Waals surface area contributed by atoms with Crippen LogP contribution in [0.2, 0.25) is 0 Å². The zero-order valence-electron chi connectivity index (χ0n) is 12.8. The fraction of sp³-hybridized carbons (Fsp3) is 0.200. The van der Waals surface area contributed by atoms with Crippen LogP contribution in [0.1, 0.15) is 30.9 Å². The van der Waals surface area contributed by atoms with Crippen molar-refractivity contribution in [3.8, 4) is 6.07 Å². The second-order valence-corrected chi connectivity index (χ2v) is 5.20. The lowest BCUT2D eigenvalue weighted by atomic mass is 9.94. The summed E-state index contributed by atoms with van der Waals surface area (Å²) in [5.41, 5.74) is 1.28. The number of nitriles is 1. The van der Waals surface area contributed by atoms with Crippen molar-refractivity contribution in [2.24, 2.45) is 4.99 Å². The van der Waals surface area contributed by atoms with Crippen molar-refractivity contribution in [3.05, 3.63) is 77.9 Å². The highest BCUT2D eigenvalue weighted by atomic mass is 14.8. The van der Waals surface area contributed by atoms with Crippen LogP contribution in [0.25, 0.3) is 6.08 Å². The first-order chi connectivity index (χ1) is 10.8. The van der Waals surface area contributed by atoms with E-state index >= 15 is 0 Å². The maximum absolute atomic E-state index is 9.65. The maximum Gasteiger partial charge on any atom is 0.165 e. The molecule has 0 aliphatic heterocycles. The molecule has 0 saturated carbocycles. The van der Waals surface area contributed by atoms with E-state index in [2.05, 4.69) is 18.0 Å². The highest BCUT2D eigenvalue weighted by Gasteiger charge is 2.23. The molecule has 22 heavy (non-hydrogen) atoms. The Bertz CT molecular complexity index is 614. The summed E-state index contributed by atoms with van der Waals surface area (Å²) in [6.07, 6.45) is 7.27. The van der Waals surface area contributed by atoms with E-state index in [0.717, 1.165) is 17.5 Å². The van der Waals surface area contributed by atoms with Gasteiger partial charge in [-0.2, -0.15) is 5.26 Å². The van der Waals surface area contributed by atoms with Crippen LogP contribution in [0.4, 0.5) is 0 Å². The summed E-state index contributed by atoms with van der Waals surface area (Å²) in [5.74, 6) is 0. The van der Waals surface area contributed by atoms with Gasteiger partial charge in [-0.05, 0) is 23.6 Å². The smallest absolute Gasteiger partial charge is 0.165 e. The predicted molar refractivity (Wildman–Crippen MR) is 92.8 cm³/mol. The van der Waals surface area contributed by atoms with Gasteiger partial charge in [0.25, 0.3) is 0 Å². The lowest BCUT2D eigenvalue weighted by molar-refractivity contribution is 0.600. The molecule has 110 valence electrons. The first-order valence-corrected chi connectivity index (χ1v) is 7.54. The number of nitrogens with zero attached hydrogens (tertiary/aromatic N) is 2. The molecule has 0 heterocycles. The molecule has 0 aliphatic carbocycles. The molecule has 0 amide bonds. The van der Waals surface area contributed by atoms with Crippen molar-refractivity contribution in [1.82, 2.24) is 0 Å². The van der Waals surface area contributed by atoms with Gasteiger partial charge in [-0.15, -0.1) is 0 Å². The molecule has 0 aliphatic rings. The Labute approximate surface area is 132 Å². The normalized spacial score (nSPS) is 14.0. The monoisotopic (exact) mass is 288 g/mol. The van der Waals surface area contributed by atoms with Gasteiger partial charge in [-0.3, -0.25) is 4.99 Å². The van der Waals surface area contributed by atoms with E-state index in [4.69, 9.17) is 0 Å². The van der Waals surface area contributed by atoms with Crippen LogP contribution in [0.15, 0.2) is 71.7 Å². The molecular formula is C20H20N2. The minimum atomic E-state index is -0.805. The van der Waals surface area contributed by atoms with Gasteiger partial charge in [0, 0.05) is 6.21 Å². The van der Waals surface area contributed by atoms with Gasteiger partial charge in [-0.1, -0.05) is 80.1 Å². The van der Waals surface area contributed by atoms with Crippen molar-refractivity contribution >= 4 is 12.3 Å². The number of hydrogen-bond acceptors (Lipinski definition) is 2. The standard InChI is InChI=1S/C20H20N2/c1-2-14-20(17-21,15-13-18-9-5-3-6-10-18)22-16-19-11-7-4-8-12-19/h3-13,15-16H,2,14H2,1H3/b15-13+,22-16?. The highest BCUT2D eigenvalue weighted by molar-refractivity contribution is 5.80. The number of benzene rings is 2. The van der Waals surface area contributed by atoms with Crippen LogP contribution < -0.4 is 0 Å². The van der Waals surface area contributed by atoms with Crippen molar-refractivity contribution in [1.29, 1.82) is 5.26 Å². The van der Waals surface area contributed by atoms with Gasteiger partial charge < -0.3 is 0 Å². The van der Waals surface area contributed by atoms with Crippen LogP contribution in [-0.2, 0) is 0 Å². The molecule has 2 nitrogen and oxygen atoms in total. The minimum Gasteiger partial charge on any atom is -0.266 e. The average Bonchev–Trinajstić information content (AvgIpc) is 2.59. The Hall–Kier alpha value is -2.66. The second kappa shape index (κ2) is 7.95. The number of aliphatic imine (C=N–C) groups is 1. The molecule has 0 bridgehead atoms. The topological polar surface area (TPSA) is 36.1 Å². The third-order valence-corrected chi connectivity index (χ3v) is 3.42. The van der Waals surface area contributed by atoms with E-state index < -0.39 is 5.54 Å². The minimum absolute atomic E-state index is 0.705. The Morgan fingerprint density at radius 3 is 2.14 bits per heavy atom. The van der Waals surface area contributed by atoms with E-state index in [-0.39, 0.29) is 0 Å². The van der Waals surface area contributed by atoms with Gasteiger partial charge in [0.2, 0.25) is 0 Å². The third kappa shape index (κ3) is 4.43. The van der Waals surface area contributed by atoms with Gasteiger partial charge in [0.1, 0.15) is 0 Å². The lowest BCUT2D eigenvalue weighted by Gasteiger charge is -2.17. The van der Waals surface area contributed by atoms with Gasteiger partial charge in [-0.25, -0.2) is 0 Å².